The van der Waals surface area contributed by atoms with Gasteiger partial charge in [-0.3, -0.25) is 9.69 Å². The molecule has 2 aromatic rings. The molecule has 4 rings (SSSR count). The summed E-state index contributed by atoms with van der Waals surface area (Å²) in [4.78, 5) is 31.5. The molecular weight excluding hydrogens is 505 g/mol. The maximum Gasteiger partial charge on any atom is 0.354 e. The Morgan fingerprint density at radius 2 is 1.97 bits per heavy atom. The molecule has 2 aliphatic heterocycles. The second-order valence-corrected chi connectivity index (χ2v) is 18.2. The van der Waals surface area contributed by atoms with Crippen LogP contribution in [0, 0.1) is 5.92 Å². The molecule has 1 saturated heterocycles. The number of aliphatic carboxylic acids is 1. The zero-order chi connectivity index (χ0) is 24.8. The van der Waals surface area contributed by atoms with E-state index in [1.165, 1.54) is 39.8 Å². The van der Waals surface area contributed by atoms with E-state index < -0.39 is 14.3 Å². The van der Waals surface area contributed by atoms with Crippen molar-refractivity contribution in [1.29, 1.82) is 0 Å². The number of carboxylic acids is 1. The van der Waals surface area contributed by atoms with Gasteiger partial charge in [-0.2, -0.15) is 0 Å². The maximum absolute atomic E-state index is 13.2. The van der Waals surface area contributed by atoms with Crippen LogP contribution in [0.1, 0.15) is 34.1 Å². The number of rotatable bonds is 8. The lowest BCUT2D eigenvalue weighted by Crippen LogP contribution is -2.63. The zero-order valence-electron chi connectivity index (χ0n) is 20.2. The van der Waals surface area contributed by atoms with Crippen molar-refractivity contribution in [2.75, 3.05) is 0 Å². The Bertz CT molecular complexity index is 1130. The highest BCUT2D eigenvalue weighted by molar-refractivity contribution is 8.23. The number of hydrogen-bond donors (Lipinski definition) is 1. The number of aromatic nitrogens is 1. The molecule has 1 fully saturated rings. The van der Waals surface area contributed by atoms with E-state index in [1.54, 1.807) is 0 Å². The van der Waals surface area contributed by atoms with E-state index in [1.807, 2.05) is 42.6 Å². The summed E-state index contributed by atoms with van der Waals surface area (Å²) in [7, 11) is -2.08. The van der Waals surface area contributed by atoms with Crippen molar-refractivity contribution in [3.8, 4) is 11.3 Å². The third-order valence-corrected chi connectivity index (χ3v) is 14.8. The fraction of sp³-hybridized carbons (Fsp3) is 0.458. The molecule has 0 unspecified atom stereocenters. The topological polar surface area (TPSA) is 79.7 Å². The van der Waals surface area contributed by atoms with Crippen LogP contribution in [0.15, 0.2) is 50.0 Å². The van der Waals surface area contributed by atoms with Gasteiger partial charge in [0.25, 0.3) is 0 Å². The minimum Gasteiger partial charge on any atom is -0.477 e. The molecular formula is C24H30N2O4S3Si. The Kier molecular flexibility index (Phi) is 7.09. The number of hydrogen-bond acceptors (Lipinski definition) is 7. The Morgan fingerprint density at radius 3 is 2.56 bits per heavy atom. The van der Waals surface area contributed by atoms with Gasteiger partial charge in [0.15, 0.2) is 18.4 Å². The molecule has 0 bridgehead atoms. The predicted molar refractivity (Wildman–Crippen MR) is 142 cm³/mol. The van der Waals surface area contributed by atoms with Crippen molar-refractivity contribution in [1.82, 2.24) is 9.88 Å². The van der Waals surface area contributed by atoms with E-state index in [-0.39, 0.29) is 34.0 Å². The number of benzene rings is 1. The van der Waals surface area contributed by atoms with Crippen LogP contribution in [0.5, 0.6) is 0 Å². The van der Waals surface area contributed by atoms with E-state index in [0.29, 0.717) is 10.7 Å². The molecule has 0 aliphatic carbocycles. The third kappa shape index (κ3) is 4.62. The van der Waals surface area contributed by atoms with Gasteiger partial charge in [0.05, 0.1) is 22.0 Å². The van der Waals surface area contributed by atoms with Gasteiger partial charge in [-0.15, -0.1) is 11.3 Å². The second kappa shape index (κ2) is 9.46. The second-order valence-electron chi connectivity index (χ2n) is 9.98. The Hall–Kier alpha value is -1.59. The minimum absolute atomic E-state index is 0.0303. The molecule has 10 heteroatoms. The van der Waals surface area contributed by atoms with Crippen LogP contribution < -0.4 is 0 Å². The van der Waals surface area contributed by atoms with Gasteiger partial charge in [0.1, 0.15) is 5.37 Å². The maximum atomic E-state index is 13.2. The van der Waals surface area contributed by atoms with E-state index >= 15 is 0 Å². The summed E-state index contributed by atoms with van der Waals surface area (Å²) >= 11 is 4.27. The largest absolute Gasteiger partial charge is 0.477 e. The van der Waals surface area contributed by atoms with E-state index in [2.05, 4.69) is 33.9 Å². The van der Waals surface area contributed by atoms with Crippen LogP contribution in [0.3, 0.4) is 0 Å². The molecule has 3 heterocycles. The van der Waals surface area contributed by atoms with Crippen LogP contribution in [0.2, 0.25) is 18.1 Å². The lowest BCUT2D eigenvalue weighted by molar-refractivity contribution is -0.156. The lowest BCUT2D eigenvalue weighted by atomic mass is 9.90. The average molecular weight is 535 g/mol. The molecule has 6 nitrogen and oxygen atoms in total. The van der Waals surface area contributed by atoms with E-state index in [9.17, 15) is 14.7 Å². The number of fused-ring (bicyclic) bond motifs is 1. The lowest BCUT2D eigenvalue weighted by Gasteiger charge is -2.48. The summed E-state index contributed by atoms with van der Waals surface area (Å²) in [5, 5.41) is 11.7. The summed E-state index contributed by atoms with van der Waals surface area (Å²) in [5.74, 6) is -1.57. The molecule has 0 saturated carbocycles. The van der Waals surface area contributed by atoms with Crippen LogP contribution in [0.25, 0.3) is 11.3 Å². The summed E-state index contributed by atoms with van der Waals surface area (Å²) in [6, 6.07) is 9.88. The van der Waals surface area contributed by atoms with Gasteiger partial charge in [0, 0.05) is 10.9 Å². The Morgan fingerprint density at radius 1 is 1.29 bits per heavy atom. The molecule has 0 radical (unpaired) electrons. The number of β-lactam (4-membered cyclic amide) rings is 1. The first kappa shape index (κ1) is 25.5. The Balaban J connectivity index is 1.54. The van der Waals surface area contributed by atoms with Gasteiger partial charge < -0.3 is 9.53 Å². The fourth-order valence-electron chi connectivity index (χ4n) is 3.81. The van der Waals surface area contributed by atoms with Crippen LogP contribution >= 0.6 is 34.9 Å². The van der Waals surface area contributed by atoms with Crippen molar-refractivity contribution < 1.29 is 19.1 Å². The number of carbonyl (C=O) groups excluding carboxylic acids is 1. The first-order valence-corrected chi connectivity index (χ1v) is 16.8. The number of carboxylic acid groups (broad SMARTS) is 1. The number of carbonyl (C=O) groups is 2. The molecule has 1 N–H and O–H groups in total. The van der Waals surface area contributed by atoms with Gasteiger partial charge in [-0.1, -0.05) is 69.8 Å². The molecule has 34 heavy (non-hydrogen) atoms. The zero-order valence-corrected chi connectivity index (χ0v) is 23.6. The predicted octanol–water partition coefficient (Wildman–Crippen LogP) is 6.49. The molecule has 182 valence electrons. The molecule has 1 aromatic carbocycles. The normalized spacial score (nSPS) is 21.5. The van der Waals surface area contributed by atoms with Crippen molar-refractivity contribution >= 4 is 55.1 Å². The highest BCUT2D eigenvalue weighted by Gasteiger charge is 2.59. The quantitative estimate of drug-likeness (QED) is 0.306. The highest BCUT2D eigenvalue weighted by atomic mass is 32.2. The van der Waals surface area contributed by atoms with Crippen LogP contribution in [0.4, 0.5) is 0 Å². The number of thioether (sulfide) groups is 2. The van der Waals surface area contributed by atoms with Gasteiger partial charge in [-0.05, 0) is 36.3 Å². The van der Waals surface area contributed by atoms with E-state index in [4.69, 9.17) is 9.41 Å². The molecule has 2 aliphatic rings. The van der Waals surface area contributed by atoms with Gasteiger partial charge >= 0.3 is 5.97 Å². The smallest absolute Gasteiger partial charge is 0.354 e. The van der Waals surface area contributed by atoms with E-state index in [0.717, 1.165) is 15.6 Å². The van der Waals surface area contributed by atoms with Crippen LogP contribution in [-0.2, 0) is 14.0 Å². The molecule has 3 atom stereocenters. The fourth-order valence-corrected chi connectivity index (χ4v) is 9.11. The Labute approximate surface area is 214 Å². The molecule has 0 spiro atoms. The summed E-state index contributed by atoms with van der Waals surface area (Å²) < 4.78 is 8.01. The standard InChI is InChI=1S/C24H30N2O4S3Si/c1-7-16(30-34(5,6)24(2,3)4)17-19(27)26-18(21(28)29)22(32-20(17)26)33-23-25-15(13-31-23)14-11-9-8-10-12-14/h8-13,16-17,20H,7H2,1-6H3,(H,28,29)/t16-,17+,20+/m0/s1. The first-order valence-electron chi connectivity index (χ1n) is 11.3. The van der Waals surface area contributed by atoms with Crippen molar-refractivity contribution in [3.63, 3.8) is 0 Å². The monoisotopic (exact) mass is 534 g/mol. The van der Waals surface area contributed by atoms with Crippen molar-refractivity contribution in [2.45, 2.75) is 68.1 Å². The summed E-state index contributed by atoms with van der Waals surface area (Å²) in [6.07, 6.45) is 0.497. The first-order chi connectivity index (χ1) is 15.9. The molecule has 1 amide bonds. The summed E-state index contributed by atoms with van der Waals surface area (Å²) in [5.41, 5.74) is 1.95. The summed E-state index contributed by atoms with van der Waals surface area (Å²) in [6.45, 7) is 13.0. The number of amides is 1. The van der Waals surface area contributed by atoms with Gasteiger partial charge in [-0.25, -0.2) is 9.78 Å². The SMILES string of the molecule is CC[C@H](O[Si](C)(C)C(C)(C)C)[C@@H]1C(=O)N2C(C(=O)O)=C(Sc3nc(-c4ccccc4)cs3)S[C@H]12. The third-order valence-electron chi connectivity index (χ3n) is 6.74. The number of thiazole rings is 1. The highest BCUT2D eigenvalue weighted by Crippen LogP contribution is 2.56. The number of nitrogens with zero attached hydrogens (tertiary/aromatic N) is 2. The average Bonchev–Trinajstić information content (AvgIpc) is 3.36. The molecule has 1 aromatic heterocycles. The van der Waals surface area contributed by atoms with Crippen molar-refractivity contribution in [2.24, 2.45) is 5.92 Å². The van der Waals surface area contributed by atoms with Gasteiger partial charge in [0.2, 0.25) is 5.91 Å². The minimum atomic E-state index is -2.08. The van der Waals surface area contributed by atoms with Crippen molar-refractivity contribution in [3.05, 3.63) is 45.6 Å². The van der Waals surface area contributed by atoms with Crippen LogP contribution in [-0.4, -0.2) is 46.7 Å².